The molecule has 0 fully saturated rings. The third-order valence-electron chi connectivity index (χ3n) is 2.35. The average Bonchev–Trinajstić information content (AvgIpc) is 2.27. The van der Waals surface area contributed by atoms with Crippen LogP contribution < -0.4 is 15.8 Å². The van der Waals surface area contributed by atoms with Crippen LogP contribution in [0.4, 0.5) is 11.4 Å². The van der Waals surface area contributed by atoms with Crippen molar-refractivity contribution < 1.29 is 9.53 Å². The van der Waals surface area contributed by atoms with Crippen LogP contribution in [0.15, 0.2) is 18.2 Å². The zero-order valence-electron chi connectivity index (χ0n) is 10.5. The molecule has 0 radical (unpaired) electrons. The minimum absolute atomic E-state index is 0.131. The Hall–Kier alpha value is -1.71. The number of ether oxygens (including phenoxy) is 1. The molecule has 0 aliphatic heterocycles. The SMILES string of the molecule is CCCCCOc1ccc(NC(C)=O)c(N)c1. The van der Waals surface area contributed by atoms with Gasteiger partial charge < -0.3 is 15.8 Å². The van der Waals surface area contributed by atoms with Gasteiger partial charge in [-0.1, -0.05) is 19.8 Å². The summed E-state index contributed by atoms with van der Waals surface area (Å²) >= 11 is 0. The number of unbranched alkanes of at least 4 members (excludes halogenated alkanes) is 2. The Morgan fingerprint density at radius 1 is 1.41 bits per heavy atom. The molecule has 0 aliphatic rings. The van der Waals surface area contributed by atoms with E-state index in [1.807, 2.05) is 6.07 Å². The smallest absolute Gasteiger partial charge is 0.221 e. The van der Waals surface area contributed by atoms with E-state index in [1.54, 1.807) is 12.1 Å². The van der Waals surface area contributed by atoms with Gasteiger partial charge in [0.25, 0.3) is 0 Å². The van der Waals surface area contributed by atoms with Gasteiger partial charge in [-0.3, -0.25) is 4.79 Å². The quantitative estimate of drug-likeness (QED) is 0.589. The summed E-state index contributed by atoms with van der Waals surface area (Å²) < 4.78 is 5.56. The highest BCUT2D eigenvalue weighted by Crippen LogP contribution is 2.24. The fraction of sp³-hybridized carbons (Fsp3) is 0.462. The summed E-state index contributed by atoms with van der Waals surface area (Å²) in [6, 6.07) is 5.30. The van der Waals surface area contributed by atoms with Crippen LogP contribution in [-0.4, -0.2) is 12.5 Å². The molecule has 1 aromatic carbocycles. The predicted molar refractivity (Wildman–Crippen MR) is 70.2 cm³/mol. The molecule has 1 rings (SSSR count). The first-order valence-electron chi connectivity index (χ1n) is 5.93. The van der Waals surface area contributed by atoms with Crippen LogP contribution in [0.1, 0.15) is 33.1 Å². The molecule has 94 valence electrons. The maximum Gasteiger partial charge on any atom is 0.221 e. The Kier molecular flexibility index (Phi) is 5.33. The zero-order chi connectivity index (χ0) is 12.7. The van der Waals surface area contributed by atoms with E-state index in [1.165, 1.54) is 19.8 Å². The second kappa shape index (κ2) is 6.78. The number of hydrogen-bond acceptors (Lipinski definition) is 3. The van der Waals surface area contributed by atoms with Crippen LogP contribution in [-0.2, 0) is 4.79 Å². The zero-order valence-corrected chi connectivity index (χ0v) is 10.5. The molecular formula is C13H20N2O2. The van der Waals surface area contributed by atoms with Crippen molar-refractivity contribution in [2.24, 2.45) is 0 Å². The molecule has 1 aromatic rings. The summed E-state index contributed by atoms with van der Waals surface area (Å²) in [7, 11) is 0. The molecule has 0 atom stereocenters. The molecule has 0 heterocycles. The number of amides is 1. The summed E-state index contributed by atoms with van der Waals surface area (Å²) in [5, 5.41) is 2.66. The third-order valence-corrected chi connectivity index (χ3v) is 2.35. The van der Waals surface area contributed by atoms with E-state index in [4.69, 9.17) is 10.5 Å². The normalized spacial score (nSPS) is 10.0. The maximum atomic E-state index is 10.9. The molecule has 0 spiro atoms. The number of nitrogen functional groups attached to an aromatic ring is 1. The lowest BCUT2D eigenvalue weighted by Gasteiger charge is -2.10. The van der Waals surface area contributed by atoms with E-state index >= 15 is 0 Å². The van der Waals surface area contributed by atoms with Crippen LogP contribution in [0.25, 0.3) is 0 Å². The summed E-state index contributed by atoms with van der Waals surface area (Å²) in [6.07, 6.45) is 3.39. The maximum absolute atomic E-state index is 10.9. The van der Waals surface area contributed by atoms with Gasteiger partial charge in [0, 0.05) is 13.0 Å². The largest absolute Gasteiger partial charge is 0.494 e. The van der Waals surface area contributed by atoms with Gasteiger partial charge in [-0.05, 0) is 18.6 Å². The summed E-state index contributed by atoms with van der Waals surface area (Å²) in [5.41, 5.74) is 6.95. The highest BCUT2D eigenvalue weighted by Gasteiger charge is 2.02. The fourth-order valence-corrected chi connectivity index (χ4v) is 1.48. The number of anilines is 2. The monoisotopic (exact) mass is 236 g/mol. The first-order valence-corrected chi connectivity index (χ1v) is 5.93. The predicted octanol–water partition coefficient (Wildman–Crippen LogP) is 2.80. The van der Waals surface area contributed by atoms with Gasteiger partial charge in [0.2, 0.25) is 5.91 Å². The number of nitrogens with two attached hydrogens (primary N) is 1. The van der Waals surface area contributed by atoms with Gasteiger partial charge in [-0.2, -0.15) is 0 Å². The van der Waals surface area contributed by atoms with Crippen LogP contribution >= 0.6 is 0 Å². The van der Waals surface area contributed by atoms with E-state index in [0.29, 0.717) is 18.0 Å². The lowest BCUT2D eigenvalue weighted by molar-refractivity contribution is -0.114. The molecule has 0 unspecified atom stereocenters. The second-order valence-corrected chi connectivity index (χ2v) is 3.99. The van der Waals surface area contributed by atoms with Crippen molar-refractivity contribution in [2.75, 3.05) is 17.7 Å². The van der Waals surface area contributed by atoms with E-state index < -0.39 is 0 Å². The standard InChI is InChI=1S/C13H20N2O2/c1-3-4-5-8-17-11-6-7-13(12(14)9-11)15-10(2)16/h6-7,9H,3-5,8,14H2,1-2H3,(H,15,16). The number of rotatable bonds is 6. The highest BCUT2D eigenvalue weighted by atomic mass is 16.5. The van der Waals surface area contributed by atoms with Crippen molar-refractivity contribution in [1.82, 2.24) is 0 Å². The summed E-state index contributed by atoms with van der Waals surface area (Å²) in [4.78, 5) is 10.9. The van der Waals surface area contributed by atoms with Crippen molar-refractivity contribution in [2.45, 2.75) is 33.1 Å². The second-order valence-electron chi connectivity index (χ2n) is 3.99. The molecule has 0 saturated carbocycles. The molecule has 0 aromatic heterocycles. The first kappa shape index (κ1) is 13.4. The molecule has 0 saturated heterocycles. The number of benzene rings is 1. The van der Waals surface area contributed by atoms with E-state index in [9.17, 15) is 4.79 Å². The topological polar surface area (TPSA) is 64.3 Å². The Labute approximate surface area is 102 Å². The van der Waals surface area contributed by atoms with E-state index in [2.05, 4.69) is 12.2 Å². The van der Waals surface area contributed by atoms with Crippen molar-refractivity contribution >= 4 is 17.3 Å². The molecule has 4 nitrogen and oxygen atoms in total. The van der Waals surface area contributed by atoms with Gasteiger partial charge >= 0.3 is 0 Å². The Balaban J connectivity index is 2.53. The van der Waals surface area contributed by atoms with Gasteiger partial charge in [0.15, 0.2) is 0 Å². The Morgan fingerprint density at radius 2 is 2.18 bits per heavy atom. The van der Waals surface area contributed by atoms with Gasteiger partial charge in [-0.15, -0.1) is 0 Å². The minimum Gasteiger partial charge on any atom is -0.494 e. The number of carbonyl (C=O) groups is 1. The molecule has 0 bridgehead atoms. The van der Waals surface area contributed by atoms with Gasteiger partial charge in [0.1, 0.15) is 5.75 Å². The van der Waals surface area contributed by atoms with Crippen molar-refractivity contribution in [3.63, 3.8) is 0 Å². The molecular weight excluding hydrogens is 216 g/mol. The number of nitrogens with one attached hydrogen (secondary N) is 1. The molecule has 17 heavy (non-hydrogen) atoms. The van der Waals surface area contributed by atoms with Crippen LogP contribution in [0, 0.1) is 0 Å². The summed E-state index contributed by atoms with van der Waals surface area (Å²) in [6.45, 7) is 4.31. The van der Waals surface area contributed by atoms with Crippen LogP contribution in [0.5, 0.6) is 5.75 Å². The number of carbonyl (C=O) groups excluding carboxylic acids is 1. The third kappa shape index (κ3) is 4.76. The molecule has 3 N–H and O–H groups in total. The van der Waals surface area contributed by atoms with Crippen molar-refractivity contribution in [3.8, 4) is 5.75 Å². The van der Waals surface area contributed by atoms with E-state index in [-0.39, 0.29) is 5.91 Å². The Bertz CT molecular complexity index is 378. The molecule has 4 heteroatoms. The minimum atomic E-state index is -0.131. The summed E-state index contributed by atoms with van der Waals surface area (Å²) in [5.74, 6) is 0.612. The van der Waals surface area contributed by atoms with Crippen LogP contribution in [0.3, 0.4) is 0 Å². The van der Waals surface area contributed by atoms with Gasteiger partial charge in [0.05, 0.1) is 18.0 Å². The first-order chi connectivity index (χ1) is 8.13. The van der Waals surface area contributed by atoms with Crippen LogP contribution in [0.2, 0.25) is 0 Å². The van der Waals surface area contributed by atoms with Gasteiger partial charge in [-0.25, -0.2) is 0 Å². The Morgan fingerprint density at radius 3 is 2.76 bits per heavy atom. The highest BCUT2D eigenvalue weighted by molar-refractivity contribution is 5.92. The fourth-order valence-electron chi connectivity index (χ4n) is 1.48. The lowest BCUT2D eigenvalue weighted by atomic mass is 10.2. The average molecular weight is 236 g/mol. The van der Waals surface area contributed by atoms with Crippen molar-refractivity contribution in [3.05, 3.63) is 18.2 Å². The molecule has 0 aliphatic carbocycles. The lowest BCUT2D eigenvalue weighted by Crippen LogP contribution is -2.08. The molecule has 1 amide bonds. The van der Waals surface area contributed by atoms with Crippen molar-refractivity contribution in [1.29, 1.82) is 0 Å². The number of hydrogen-bond donors (Lipinski definition) is 2. The van der Waals surface area contributed by atoms with E-state index in [0.717, 1.165) is 12.2 Å².